The number of rotatable bonds is 1. The molecular formula is C18H27IN4O. The highest BCUT2D eigenvalue weighted by Crippen LogP contribution is 2.29. The van der Waals surface area contributed by atoms with Gasteiger partial charge in [-0.05, 0) is 39.8 Å². The van der Waals surface area contributed by atoms with E-state index in [1.54, 1.807) is 0 Å². The fourth-order valence-electron chi connectivity index (χ4n) is 2.50. The standard InChI is InChI=1S/C18H27IN4O/c1-13-14-12-15(17(2,3)4)20-23(14)11-10-22(13)16(24)8-9-18(5,6)21(7)19/h12-13H,10-11H2,1-7H3. The Morgan fingerprint density at radius 3 is 2.50 bits per heavy atom. The van der Waals surface area contributed by atoms with E-state index in [9.17, 15) is 4.79 Å². The van der Waals surface area contributed by atoms with Gasteiger partial charge >= 0.3 is 0 Å². The van der Waals surface area contributed by atoms with Gasteiger partial charge in [-0.2, -0.15) is 5.10 Å². The van der Waals surface area contributed by atoms with E-state index in [0.717, 1.165) is 17.9 Å². The fourth-order valence-corrected chi connectivity index (χ4v) is 2.62. The Morgan fingerprint density at radius 1 is 1.33 bits per heavy atom. The molecule has 0 saturated heterocycles. The molecular weight excluding hydrogens is 415 g/mol. The van der Waals surface area contributed by atoms with Crippen LogP contribution in [0.2, 0.25) is 0 Å². The van der Waals surface area contributed by atoms with Gasteiger partial charge < -0.3 is 4.90 Å². The third-order valence-electron chi connectivity index (χ3n) is 4.53. The van der Waals surface area contributed by atoms with Crippen molar-refractivity contribution < 1.29 is 4.79 Å². The molecule has 0 aromatic carbocycles. The lowest BCUT2D eigenvalue weighted by Crippen LogP contribution is -2.41. The molecule has 24 heavy (non-hydrogen) atoms. The lowest BCUT2D eigenvalue weighted by Gasteiger charge is -2.32. The summed E-state index contributed by atoms with van der Waals surface area (Å²) in [6, 6.07) is 2.12. The number of hydrogen-bond acceptors (Lipinski definition) is 3. The van der Waals surface area contributed by atoms with Crippen molar-refractivity contribution >= 4 is 28.8 Å². The highest BCUT2D eigenvalue weighted by atomic mass is 127. The Morgan fingerprint density at radius 2 is 1.96 bits per heavy atom. The SMILES string of the molecule is CC1c2cc(C(C)(C)C)nn2CCN1C(=O)C#CC(C)(C)N(C)I. The summed E-state index contributed by atoms with van der Waals surface area (Å²) in [4.78, 5) is 14.4. The largest absolute Gasteiger partial charge is 0.322 e. The Bertz CT molecular complexity index is 688. The molecule has 6 heteroatoms. The monoisotopic (exact) mass is 442 g/mol. The second kappa shape index (κ2) is 6.68. The Kier molecular flexibility index (Phi) is 5.36. The molecule has 2 heterocycles. The van der Waals surface area contributed by atoms with Gasteiger partial charge in [-0.25, -0.2) is 3.11 Å². The quantitative estimate of drug-likeness (QED) is 0.381. The van der Waals surface area contributed by atoms with Crippen LogP contribution in [-0.4, -0.2) is 42.8 Å². The van der Waals surface area contributed by atoms with Crippen molar-refractivity contribution in [1.29, 1.82) is 0 Å². The van der Waals surface area contributed by atoms with Gasteiger partial charge in [-0.3, -0.25) is 9.48 Å². The van der Waals surface area contributed by atoms with E-state index in [1.165, 1.54) is 0 Å². The fraction of sp³-hybridized carbons (Fsp3) is 0.667. The Hall–Kier alpha value is -1.07. The molecule has 0 bridgehead atoms. The van der Waals surface area contributed by atoms with Gasteiger partial charge in [0.05, 0.1) is 29.5 Å². The molecule has 0 saturated carbocycles. The van der Waals surface area contributed by atoms with Crippen LogP contribution in [0.25, 0.3) is 0 Å². The summed E-state index contributed by atoms with van der Waals surface area (Å²) < 4.78 is 4.01. The number of carbonyl (C=O) groups excluding carboxylic acids is 1. The molecule has 2 rings (SSSR count). The summed E-state index contributed by atoms with van der Waals surface area (Å²) >= 11 is 2.20. The van der Waals surface area contributed by atoms with Crippen molar-refractivity contribution in [2.24, 2.45) is 0 Å². The summed E-state index contributed by atoms with van der Waals surface area (Å²) in [6.45, 7) is 13.9. The second-order valence-electron chi connectivity index (χ2n) is 7.89. The minimum absolute atomic E-state index is 0.00754. The zero-order valence-corrected chi connectivity index (χ0v) is 17.8. The van der Waals surface area contributed by atoms with Crippen molar-refractivity contribution in [1.82, 2.24) is 17.8 Å². The molecule has 0 spiro atoms. The van der Waals surface area contributed by atoms with E-state index in [1.807, 2.05) is 40.5 Å². The van der Waals surface area contributed by atoms with Gasteiger partial charge in [0.25, 0.3) is 5.91 Å². The summed E-state index contributed by atoms with van der Waals surface area (Å²) in [5.74, 6) is 5.80. The second-order valence-corrected chi connectivity index (χ2v) is 9.34. The number of halogens is 1. The third-order valence-corrected chi connectivity index (χ3v) is 5.74. The maximum Gasteiger partial charge on any atom is 0.299 e. The molecule has 0 N–H and O–H groups in total. The maximum atomic E-state index is 12.6. The van der Waals surface area contributed by atoms with Crippen LogP contribution in [0, 0.1) is 11.8 Å². The van der Waals surface area contributed by atoms with Gasteiger partial charge in [0.15, 0.2) is 0 Å². The van der Waals surface area contributed by atoms with Crippen LogP contribution >= 0.6 is 22.9 Å². The summed E-state index contributed by atoms with van der Waals surface area (Å²) in [7, 11) is 1.95. The van der Waals surface area contributed by atoms with Gasteiger partial charge in [0.1, 0.15) is 0 Å². The summed E-state index contributed by atoms with van der Waals surface area (Å²) in [5, 5.41) is 4.71. The van der Waals surface area contributed by atoms with Crippen LogP contribution in [0.15, 0.2) is 6.07 Å². The summed E-state index contributed by atoms with van der Waals surface area (Å²) in [5.41, 5.74) is 1.83. The minimum Gasteiger partial charge on any atom is -0.322 e. The lowest BCUT2D eigenvalue weighted by atomic mass is 9.92. The average Bonchev–Trinajstić information content (AvgIpc) is 2.90. The van der Waals surface area contributed by atoms with Crippen molar-refractivity contribution in [3.63, 3.8) is 0 Å². The first-order valence-electron chi connectivity index (χ1n) is 8.25. The van der Waals surface area contributed by atoms with E-state index >= 15 is 0 Å². The minimum atomic E-state index is -0.337. The van der Waals surface area contributed by atoms with Crippen LogP contribution in [0.3, 0.4) is 0 Å². The van der Waals surface area contributed by atoms with Gasteiger partial charge in [-0.15, -0.1) is 0 Å². The number of aromatic nitrogens is 2. The molecule has 1 atom stereocenters. The van der Waals surface area contributed by atoms with Gasteiger partial charge in [-0.1, -0.05) is 26.7 Å². The predicted molar refractivity (Wildman–Crippen MR) is 105 cm³/mol. The van der Waals surface area contributed by atoms with Crippen molar-refractivity contribution in [3.8, 4) is 11.8 Å². The zero-order chi connectivity index (χ0) is 18.3. The third kappa shape index (κ3) is 3.94. The highest BCUT2D eigenvalue weighted by Gasteiger charge is 2.31. The van der Waals surface area contributed by atoms with Crippen LogP contribution in [0.4, 0.5) is 0 Å². The molecule has 1 aromatic rings. The average molecular weight is 442 g/mol. The first kappa shape index (κ1) is 19.3. The van der Waals surface area contributed by atoms with Crippen molar-refractivity contribution in [2.45, 2.75) is 65.1 Å². The number of nitrogens with zero attached hydrogens (tertiary/aromatic N) is 4. The van der Waals surface area contributed by atoms with Crippen LogP contribution in [0.5, 0.6) is 0 Å². The normalized spacial score (nSPS) is 18.2. The van der Waals surface area contributed by atoms with E-state index in [0.29, 0.717) is 6.54 Å². The topological polar surface area (TPSA) is 41.4 Å². The predicted octanol–water partition coefficient (Wildman–Crippen LogP) is 3.15. The molecule has 0 fully saturated rings. The molecule has 1 amide bonds. The Balaban J connectivity index is 2.22. The highest BCUT2D eigenvalue weighted by molar-refractivity contribution is 14.1. The lowest BCUT2D eigenvalue weighted by molar-refractivity contribution is -0.128. The first-order valence-corrected chi connectivity index (χ1v) is 9.21. The van der Waals surface area contributed by atoms with Crippen molar-refractivity contribution in [3.05, 3.63) is 17.5 Å². The molecule has 1 unspecified atom stereocenters. The molecule has 132 valence electrons. The molecule has 1 aliphatic heterocycles. The number of fused-ring (bicyclic) bond motifs is 1. The van der Waals surface area contributed by atoms with Crippen LogP contribution in [-0.2, 0) is 16.8 Å². The van der Waals surface area contributed by atoms with Crippen molar-refractivity contribution in [2.75, 3.05) is 13.6 Å². The van der Waals surface area contributed by atoms with E-state index < -0.39 is 0 Å². The number of hydrogen-bond donors (Lipinski definition) is 0. The molecule has 5 nitrogen and oxygen atoms in total. The van der Waals surface area contributed by atoms with Gasteiger partial charge in [0.2, 0.25) is 0 Å². The molecule has 0 aliphatic carbocycles. The van der Waals surface area contributed by atoms with Crippen LogP contribution in [0.1, 0.15) is 59.0 Å². The zero-order valence-electron chi connectivity index (χ0n) is 15.6. The smallest absolute Gasteiger partial charge is 0.299 e. The van der Waals surface area contributed by atoms with E-state index in [-0.39, 0.29) is 22.9 Å². The van der Waals surface area contributed by atoms with Crippen LogP contribution < -0.4 is 0 Å². The first-order chi connectivity index (χ1) is 10.9. The maximum absolute atomic E-state index is 12.6. The number of amides is 1. The van der Waals surface area contributed by atoms with E-state index in [2.05, 4.69) is 61.5 Å². The molecule has 0 radical (unpaired) electrons. The summed E-state index contributed by atoms with van der Waals surface area (Å²) in [6.07, 6.45) is 0. The van der Waals surface area contributed by atoms with Gasteiger partial charge in [0, 0.05) is 34.8 Å². The number of carbonyl (C=O) groups is 1. The molecule has 1 aromatic heterocycles. The Labute approximate surface area is 159 Å². The molecule has 1 aliphatic rings. The van der Waals surface area contributed by atoms with E-state index in [4.69, 9.17) is 5.10 Å².